The molecule has 2 aliphatic heterocycles. The van der Waals surface area contributed by atoms with Crippen molar-refractivity contribution in [2.24, 2.45) is 0 Å². The first kappa shape index (κ1) is 29.3. The van der Waals surface area contributed by atoms with E-state index in [0.29, 0.717) is 30.7 Å². The van der Waals surface area contributed by atoms with Crippen LogP contribution in [0.3, 0.4) is 0 Å². The molecule has 0 atom stereocenters. The molecule has 1 saturated heterocycles. The number of anilines is 3. The summed E-state index contributed by atoms with van der Waals surface area (Å²) in [5, 5.41) is 17.9. The molecular weight excluding hydrogens is 560 g/mol. The zero-order chi connectivity index (χ0) is 30.8. The van der Waals surface area contributed by atoms with Gasteiger partial charge < -0.3 is 29.7 Å². The number of hydrogen-bond acceptors (Lipinski definition) is 8. The van der Waals surface area contributed by atoms with Crippen LogP contribution in [0.5, 0.6) is 11.5 Å². The van der Waals surface area contributed by atoms with Crippen molar-refractivity contribution in [1.82, 2.24) is 0 Å². The molecule has 0 bridgehead atoms. The third kappa shape index (κ3) is 5.98. The first-order valence-corrected chi connectivity index (χ1v) is 14.8. The first-order valence-electron chi connectivity index (χ1n) is 14.8. The molecule has 3 aromatic rings. The lowest BCUT2D eigenvalue weighted by Crippen LogP contribution is -2.36. The molecule has 6 rings (SSSR count). The van der Waals surface area contributed by atoms with Crippen LogP contribution in [0.2, 0.25) is 0 Å². The Kier molecular flexibility index (Phi) is 8.01. The lowest BCUT2D eigenvalue weighted by atomic mass is 9.85. The molecule has 0 radical (unpaired) electrons. The van der Waals surface area contributed by atoms with Gasteiger partial charge in [0.15, 0.2) is 5.75 Å². The molecule has 1 aliphatic carbocycles. The number of fused-ring (bicyclic) bond motifs is 1. The van der Waals surface area contributed by atoms with Gasteiger partial charge in [-0.1, -0.05) is 19.9 Å². The number of nitrogens with one attached hydrogen (secondary N) is 2. The summed E-state index contributed by atoms with van der Waals surface area (Å²) in [4.78, 5) is 26.5. The topological polar surface area (TPSA) is 115 Å². The summed E-state index contributed by atoms with van der Waals surface area (Å²) in [7, 11) is 1.42. The van der Waals surface area contributed by atoms with Crippen molar-refractivity contribution in [3.05, 3.63) is 99.3 Å². The number of benzene rings is 3. The van der Waals surface area contributed by atoms with Crippen LogP contribution in [-0.4, -0.2) is 50.9 Å². The lowest BCUT2D eigenvalue weighted by molar-refractivity contribution is -0.385. The second kappa shape index (κ2) is 12.0. The number of carbonyl (C=O) groups is 1. The average molecular weight is 597 g/mol. The normalized spacial score (nSPS) is 16.6. The van der Waals surface area contributed by atoms with E-state index in [-0.39, 0.29) is 22.8 Å². The van der Waals surface area contributed by atoms with Crippen LogP contribution < -0.4 is 25.0 Å². The smallest absolute Gasteiger partial charge is 0.310 e. The highest BCUT2D eigenvalue weighted by Crippen LogP contribution is 2.39. The van der Waals surface area contributed by atoms with Gasteiger partial charge in [0, 0.05) is 41.5 Å². The molecule has 2 heterocycles. The highest BCUT2D eigenvalue weighted by molar-refractivity contribution is 6.09. The summed E-state index contributed by atoms with van der Waals surface area (Å²) in [5.41, 5.74) is 6.46. The molecule has 0 saturated carbocycles. The molecule has 3 aliphatic rings. The Morgan fingerprint density at radius 1 is 0.977 bits per heavy atom. The number of nitrogens with zero attached hydrogens (tertiary/aromatic N) is 2. The SMILES string of the molecule is COc1cc(C2=CC3=C(CC2)C(=O)Nc2cc(C(C)(C)COc4ccc(N5CCOCC5)cc4)ccc2N3)ccc1[N+](=O)[O-]. The third-order valence-corrected chi connectivity index (χ3v) is 8.44. The van der Waals surface area contributed by atoms with E-state index < -0.39 is 4.92 Å². The van der Waals surface area contributed by atoms with Crippen LogP contribution in [0.4, 0.5) is 22.7 Å². The number of amides is 1. The maximum atomic E-state index is 13.3. The minimum atomic E-state index is -0.460. The fraction of sp³-hybridized carbons (Fsp3) is 0.324. The summed E-state index contributed by atoms with van der Waals surface area (Å²) < 4.78 is 16.9. The van der Waals surface area contributed by atoms with Gasteiger partial charge in [-0.2, -0.15) is 0 Å². The van der Waals surface area contributed by atoms with Gasteiger partial charge in [0.2, 0.25) is 0 Å². The molecule has 10 nitrogen and oxygen atoms in total. The van der Waals surface area contributed by atoms with Crippen LogP contribution in [-0.2, 0) is 14.9 Å². The summed E-state index contributed by atoms with van der Waals surface area (Å²) in [6.45, 7) is 7.99. The maximum Gasteiger partial charge on any atom is 0.310 e. The van der Waals surface area contributed by atoms with Gasteiger partial charge in [-0.25, -0.2) is 0 Å². The second-order valence-corrected chi connectivity index (χ2v) is 11.8. The standard InChI is InChI=1S/C34H36N4O6/c1-34(2,21-44-26-9-7-25(8-10-26)37-14-16-43-17-15-37)24-6-12-28-30(20-24)36-33(39)27-11-4-22(18-29(27)35-28)23-5-13-31(38(40)41)32(19-23)42-3/h5-10,12-13,18-20,35H,4,11,14-17,21H2,1-3H3,(H,36,39). The largest absolute Gasteiger partial charge is 0.493 e. The Bertz CT molecular complexity index is 1650. The van der Waals surface area contributed by atoms with Crippen LogP contribution >= 0.6 is 0 Å². The number of methoxy groups -OCH3 is 1. The average Bonchev–Trinajstić information content (AvgIpc) is 3.18. The Morgan fingerprint density at radius 2 is 1.75 bits per heavy atom. The molecule has 10 heteroatoms. The van der Waals surface area contributed by atoms with Gasteiger partial charge in [-0.05, 0) is 84.1 Å². The van der Waals surface area contributed by atoms with E-state index in [0.717, 1.165) is 60.1 Å². The van der Waals surface area contributed by atoms with E-state index in [1.807, 2.05) is 30.3 Å². The van der Waals surface area contributed by atoms with Crippen molar-refractivity contribution in [2.75, 3.05) is 55.6 Å². The Labute approximate surface area is 256 Å². The Morgan fingerprint density at radius 3 is 2.48 bits per heavy atom. The molecule has 0 spiro atoms. The van der Waals surface area contributed by atoms with Crippen LogP contribution in [0, 0.1) is 10.1 Å². The quantitative estimate of drug-likeness (QED) is 0.230. The monoisotopic (exact) mass is 596 g/mol. The molecule has 3 aromatic carbocycles. The Hall–Kier alpha value is -4.83. The van der Waals surface area contributed by atoms with Crippen molar-refractivity contribution in [3.63, 3.8) is 0 Å². The molecule has 228 valence electrons. The minimum absolute atomic E-state index is 0.0840. The molecule has 1 fully saturated rings. The molecule has 1 amide bonds. The molecule has 2 N–H and O–H groups in total. The number of hydrogen-bond donors (Lipinski definition) is 2. The summed E-state index contributed by atoms with van der Waals surface area (Å²) in [5.74, 6) is 0.869. The van der Waals surface area contributed by atoms with Gasteiger partial charge in [0.1, 0.15) is 5.75 Å². The lowest BCUT2D eigenvalue weighted by Gasteiger charge is -2.29. The fourth-order valence-electron chi connectivity index (χ4n) is 5.77. The zero-order valence-corrected chi connectivity index (χ0v) is 25.1. The van der Waals surface area contributed by atoms with Crippen molar-refractivity contribution in [1.29, 1.82) is 0 Å². The molecule has 0 aromatic heterocycles. The van der Waals surface area contributed by atoms with E-state index >= 15 is 0 Å². The van der Waals surface area contributed by atoms with E-state index in [2.05, 4.69) is 47.6 Å². The predicted molar refractivity (Wildman–Crippen MR) is 171 cm³/mol. The van der Waals surface area contributed by atoms with Gasteiger partial charge >= 0.3 is 5.69 Å². The number of carbonyl (C=O) groups excluding carboxylic acids is 1. The number of morpholine rings is 1. The first-order chi connectivity index (χ1) is 21.2. The highest BCUT2D eigenvalue weighted by Gasteiger charge is 2.28. The van der Waals surface area contributed by atoms with E-state index in [4.69, 9.17) is 14.2 Å². The van der Waals surface area contributed by atoms with E-state index in [9.17, 15) is 14.9 Å². The van der Waals surface area contributed by atoms with Crippen molar-refractivity contribution < 1.29 is 23.9 Å². The molecule has 0 unspecified atom stereocenters. The van der Waals surface area contributed by atoms with Crippen LogP contribution in [0.25, 0.3) is 5.57 Å². The third-order valence-electron chi connectivity index (χ3n) is 8.44. The molecule has 44 heavy (non-hydrogen) atoms. The highest BCUT2D eigenvalue weighted by atomic mass is 16.6. The van der Waals surface area contributed by atoms with Crippen molar-refractivity contribution >= 4 is 34.2 Å². The summed E-state index contributed by atoms with van der Waals surface area (Å²) in [6, 6.07) is 19.1. The van der Waals surface area contributed by atoms with Gasteiger partial charge in [0.05, 0.1) is 43.2 Å². The van der Waals surface area contributed by atoms with Gasteiger partial charge in [-0.15, -0.1) is 0 Å². The van der Waals surface area contributed by atoms with Gasteiger partial charge in [-0.3, -0.25) is 14.9 Å². The minimum Gasteiger partial charge on any atom is -0.493 e. The number of nitro groups is 1. The second-order valence-electron chi connectivity index (χ2n) is 11.8. The van der Waals surface area contributed by atoms with Crippen LogP contribution in [0.15, 0.2) is 78.0 Å². The fourth-order valence-corrected chi connectivity index (χ4v) is 5.77. The Balaban J connectivity index is 1.17. The maximum absolute atomic E-state index is 13.3. The van der Waals surface area contributed by atoms with Gasteiger partial charge in [0.25, 0.3) is 5.91 Å². The molecular formula is C34H36N4O6. The summed E-state index contributed by atoms with van der Waals surface area (Å²) >= 11 is 0. The van der Waals surface area contributed by atoms with Crippen molar-refractivity contribution in [3.8, 4) is 11.5 Å². The summed E-state index contributed by atoms with van der Waals surface area (Å²) in [6.07, 6.45) is 3.10. The number of ether oxygens (including phenoxy) is 3. The number of nitro benzene ring substituents is 1. The van der Waals surface area contributed by atoms with E-state index in [1.165, 1.54) is 18.9 Å². The number of rotatable bonds is 8. The predicted octanol–water partition coefficient (Wildman–Crippen LogP) is 6.29. The van der Waals surface area contributed by atoms with E-state index in [1.54, 1.807) is 12.1 Å². The number of allylic oxidation sites excluding steroid dienone is 2. The van der Waals surface area contributed by atoms with Crippen molar-refractivity contribution in [2.45, 2.75) is 32.1 Å². The zero-order valence-electron chi connectivity index (χ0n) is 25.1. The van der Waals surface area contributed by atoms with Crippen LogP contribution in [0.1, 0.15) is 37.8 Å².